The van der Waals surface area contributed by atoms with Gasteiger partial charge in [0, 0.05) is 6.54 Å². The van der Waals surface area contributed by atoms with E-state index in [0.29, 0.717) is 11.1 Å². The molecule has 2 aromatic carbocycles. The summed E-state index contributed by atoms with van der Waals surface area (Å²) in [6, 6.07) is 20.9. The van der Waals surface area contributed by atoms with Crippen LogP contribution in [0.1, 0.15) is 16.9 Å². The van der Waals surface area contributed by atoms with Gasteiger partial charge in [-0.05, 0) is 35.7 Å². The Labute approximate surface area is 215 Å². The Kier molecular flexibility index (Phi) is 7.99. The minimum absolute atomic E-state index is 0.0362. The van der Waals surface area contributed by atoms with E-state index in [2.05, 4.69) is 4.72 Å². The Morgan fingerprint density at radius 2 is 1.35 bits per heavy atom. The van der Waals surface area contributed by atoms with Crippen LogP contribution in [0.4, 0.5) is 0 Å². The molecule has 0 spiro atoms. The normalized spacial score (nSPS) is 12.7. The maximum Gasteiger partial charge on any atom is 0.293 e. The number of hydrogen-bond acceptors (Lipinski definition) is 8. The Hall–Kier alpha value is -3.23. The van der Waals surface area contributed by atoms with Crippen molar-refractivity contribution in [2.24, 2.45) is 0 Å². The number of rotatable bonds is 12. The van der Waals surface area contributed by atoms with Crippen LogP contribution in [0.5, 0.6) is 0 Å². The van der Waals surface area contributed by atoms with Crippen molar-refractivity contribution in [3.05, 3.63) is 108 Å². The SMILES string of the molecule is O=S(=O)(Cc1ccccc1)c1ccoc1S(=O)(=O)N(CCc1ccccc1)S(=O)(=O)NCc1ccco1. The minimum Gasteiger partial charge on any atom is -0.468 e. The van der Waals surface area contributed by atoms with Gasteiger partial charge in [-0.25, -0.2) is 16.8 Å². The number of hydrogen-bond donors (Lipinski definition) is 1. The Morgan fingerprint density at radius 1 is 0.703 bits per heavy atom. The summed E-state index contributed by atoms with van der Waals surface area (Å²) in [5, 5.41) is -0.972. The summed E-state index contributed by atoms with van der Waals surface area (Å²) < 4.78 is 92.8. The van der Waals surface area contributed by atoms with E-state index in [1.807, 2.05) is 0 Å². The van der Waals surface area contributed by atoms with Gasteiger partial charge in [-0.15, -0.1) is 0 Å². The average molecular weight is 565 g/mol. The van der Waals surface area contributed by atoms with Gasteiger partial charge in [0.15, 0.2) is 9.84 Å². The highest BCUT2D eigenvalue weighted by molar-refractivity contribution is 8.03. The number of nitrogens with zero attached hydrogens (tertiary/aromatic N) is 1. The predicted octanol–water partition coefficient (Wildman–Crippen LogP) is 3.11. The molecular weight excluding hydrogens is 540 g/mol. The summed E-state index contributed by atoms with van der Waals surface area (Å²) in [5.41, 5.74) is 1.11. The van der Waals surface area contributed by atoms with E-state index in [4.69, 9.17) is 8.83 Å². The average Bonchev–Trinajstić information content (AvgIpc) is 3.57. The largest absolute Gasteiger partial charge is 0.468 e. The van der Waals surface area contributed by atoms with E-state index >= 15 is 0 Å². The van der Waals surface area contributed by atoms with Crippen LogP contribution in [0.3, 0.4) is 0 Å². The molecule has 0 bridgehead atoms. The highest BCUT2D eigenvalue weighted by Crippen LogP contribution is 2.29. The molecule has 0 unspecified atom stereocenters. The molecule has 1 N–H and O–H groups in total. The van der Waals surface area contributed by atoms with Crippen molar-refractivity contribution in [2.45, 2.75) is 28.7 Å². The van der Waals surface area contributed by atoms with Crippen LogP contribution in [0.15, 0.2) is 110 Å². The van der Waals surface area contributed by atoms with Crippen LogP contribution in [0.2, 0.25) is 0 Å². The van der Waals surface area contributed by atoms with E-state index < -0.39 is 52.4 Å². The van der Waals surface area contributed by atoms with Crippen molar-refractivity contribution in [3.63, 3.8) is 0 Å². The topological polar surface area (TPSA) is 144 Å². The number of nitrogens with one attached hydrogen (secondary N) is 1. The third-order valence-corrected chi connectivity index (χ3v) is 11.1. The number of furan rings is 2. The van der Waals surface area contributed by atoms with Crippen molar-refractivity contribution >= 4 is 30.1 Å². The van der Waals surface area contributed by atoms with Crippen molar-refractivity contribution in [3.8, 4) is 0 Å². The van der Waals surface area contributed by atoms with E-state index in [9.17, 15) is 25.3 Å². The van der Waals surface area contributed by atoms with Crippen molar-refractivity contribution < 1.29 is 34.1 Å². The quantitative estimate of drug-likeness (QED) is 0.276. The van der Waals surface area contributed by atoms with Gasteiger partial charge in [-0.1, -0.05) is 64.4 Å². The monoisotopic (exact) mass is 564 g/mol. The van der Waals surface area contributed by atoms with Crippen LogP contribution in [-0.4, -0.2) is 35.5 Å². The molecule has 196 valence electrons. The van der Waals surface area contributed by atoms with Gasteiger partial charge in [0.25, 0.3) is 25.3 Å². The van der Waals surface area contributed by atoms with Gasteiger partial charge in [0.2, 0.25) is 0 Å². The molecule has 4 aromatic rings. The molecule has 0 amide bonds. The molecule has 0 saturated carbocycles. The molecule has 0 aliphatic carbocycles. The summed E-state index contributed by atoms with van der Waals surface area (Å²) >= 11 is 0. The second-order valence-corrected chi connectivity index (χ2v) is 13.6. The zero-order valence-corrected chi connectivity index (χ0v) is 21.9. The molecule has 13 heteroatoms. The molecule has 10 nitrogen and oxygen atoms in total. The predicted molar refractivity (Wildman–Crippen MR) is 135 cm³/mol. The lowest BCUT2D eigenvalue weighted by atomic mass is 10.2. The molecule has 4 rings (SSSR count). The van der Waals surface area contributed by atoms with Gasteiger partial charge in [-0.2, -0.15) is 13.1 Å². The maximum absolute atomic E-state index is 13.7. The van der Waals surface area contributed by atoms with E-state index in [1.54, 1.807) is 66.7 Å². The summed E-state index contributed by atoms with van der Waals surface area (Å²) in [5.74, 6) is -0.239. The number of sulfone groups is 1. The lowest BCUT2D eigenvalue weighted by Crippen LogP contribution is -2.45. The number of sulfonamides is 1. The standard InChI is InChI=1S/C24H24N2O8S3/c27-35(28,19-21-10-5-2-6-11-21)23-14-17-34-24(23)36(29,30)26(15-13-20-8-3-1-4-9-20)37(31,32)25-18-22-12-7-16-33-22/h1-12,14,16-17,25H,13,15,18-19H2. The lowest BCUT2D eigenvalue weighted by Gasteiger charge is -2.21. The van der Waals surface area contributed by atoms with Crippen molar-refractivity contribution in [1.82, 2.24) is 8.43 Å². The minimum atomic E-state index is -4.98. The third-order valence-electron chi connectivity index (χ3n) is 5.34. The first-order valence-electron chi connectivity index (χ1n) is 11.0. The van der Waals surface area contributed by atoms with Gasteiger partial charge in [0.1, 0.15) is 10.7 Å². The summed E-state index contributed by atoms with van der Waals surface area (Å²) in [4.78, 5) is -0.623. The van der Waals surface area contributed by atoms with Crippen LogP contribution in [0.25, 0.3) is 0 Å². The lowest BCUT2D eigenvalue weighted by molar-refractivity contribution is 0.412. The van der Waals surface area contributed by atoms with Crippen molar-refractivity contribution in [2.75, 3.05) is 6.54 Å². The van der Waals surface area contributed by atoms with Crippen molar-refractivity contribution in [1.29, 1.82) is 0 Å². The summed E-state index contributed by atoms with van der Waals surface area (Å²) in [7, 11) is -13.9. The second-order valence-electron chi connectivity index (χ2n) is 7.96. The first-order chi connectivity index (χ1) is 17.6. The molecule has 0 aliphatic heterocycles. The molecule has 0 atom stereocenters. The zero-order valence-electron chi connectivity index (χ0n) is 19.4. The summed E-state index contributed by atoms with van der Waals surface area (Å²) in [6.07, 6.45) is 2.29. The molecule has 0 radical (unpaired) electrons. The molecule has 0 aliphatic rings. The molecule has 0 fully saturated rings. The van der Waals surface area contributed by atoms with Gasteiger partial charge in [0.05, 0.1) is 24.8 Å². The second kappa shape index (κ2) is 11.0. The number of benzene rings is 2. The smallest absolute Gasteiger partial charge is 0.293 e. The van der Waals surface area contributed by atoms with Gasteiger partial charge in [-0.3, -0.25) is 0 Å². The first-order valence-corrected chi connectivity index (χ1v) is 15.6. The highest BCUT2D eigenvalue weighted by atomic mass is 32.3. The summed E-state index contributed by atoms with van der Waals surface area (Å²) in [6.45, 7) is -0.817. The fraction of sp³-hybridized carbons (Fsp3) is 0.167. The van der Waals surface area contributed by atoms with Gasteiger partial charge >= 0.3 is 0 Å². The van der Waals surface area contributed by atoms with Crippen LogP contribution in [-0.2, 0) is 48.8 Å². The Bertz CT molecular complexity index is 1630. The van der Waals surface area contributed by atoms with Crippen LogP contribution in [0, 0.1) is 0 Å². The maximum atomic E-state index is 13.7. The van der Waals surface area contributed by atoms with Crippen LogP contribution >= 0.6 is 0 Å². The molecule has 0 saturated heterocycles. The van der Waals surface area contributed by atoms with E-state index in [-0.39, 0.29) is 22.4 Å². The van der Waals surface area contributed by atoms with Crippen LogP contribution < -0.4 is 4.72 Å². The van der Waals surface area contributed by atoms with Gasteiger partial charge < -0.3 is 8.83 Å². The van der Waals surface area contributed by atoms with E-state index in [1.165, 1.54) is 12.3 Å². The zero-order chi connectivity index (χ0) is 26.5. The Balaban J connectivity index is 1.69. The first kappa shape index (κ1) is 26.8. The molecule has 2 aromatic heterocycles. The molecular formula is C24H24N2O8S3. The Morgan fingerprint density at radius 3 is 1.97 bits per heavy atom. The molecule has 37 heavy (non-hydrogen) atoms. The third kappa shape index (κ3) is 6.37. The van der Waals surface area contributed by atoms with E-state index in [0.717, 1.165) is 12.3 Å². The highest BCUT2D eigenvalue weighted by Gasteiger charge is 2.41. The fourth-order valence-electron chi connectivity index (χ4n) is 3.55. The molecule has 2 heterocycles. The fourth-order valence-corrected chi connectivity index (χ4v) is 8.81.